The van der Waals surface area contributed by atoms with E-state index in [0.29, 0.717) is 23.0 Å². The van der Waals surface area contributed by atoms with Crippen molar-refractivity contribution in [3.63, 3.8) is 0 Å². The Balaban J connectivity index is 1.42. The van der Waals surface area contributed by atoms with Gasteiger partial charge in [-0.2, -0.15) is 4.31 Å². The van der Waals surface area contributed by atoms with E-state index in [1.54, 1.807) is 17.5 Å². The van der Waals surface area contributed by atoms with E-state index in [9.17, 15) is 18.0 Å². The number of ether oxygens (including phenoxy) is 1. The van der Waals surface area contributed by atoms with Gasteiger partial charge in [0.15, 0.2) is 6.61 Å². The van der Waals surface area contributed by atoms with Crippen LogP contribution in [0.4, 0.5) is 0 Å². The number of carbonyl (C=O) groups is 2. The molecule has 3 rings (SSSR count). The van der Waals surface area contributed by atoms with Crippen LogP contribution in [-0.2, 0) is 24.3 Å². The lowest BCUT2D eigenvalue weighted by Gasteiger charge is -2.29. The fourth-order valence-electron chi connectivity index (χ4n) is 3.13. The molecule has 2 fully saturated rings. The van der Waals surface area contributed by atoms with E-state index in [1.807, 2.05) is 6.92 Å². The molecule has 26 heavy (non-hydrogen) atoms. The SMILES string of the molecule is CC(NC(=O)COC(=O)C1CCN(S(=O)(=O)c2cccs2)CC1)C1CC1. The van der Waals surface area contributed by atoms with Crippen molar-refractivity contribution in [2.24, 2.45) is 11.8 Å². The summed E-state index contributed by atoms with van der Waals surface area (Å²) in [6.07, 6.45) is 3.08. The van der Waals surface area contributed by atoms with Crippen LogP contribution in [0.3, 0.4) is 0 Å². The molecule has 1 unspecified atom stereocenters. The van der Waals surface area contributed by atoms with Crippen molar-refractivity contribution in [3.05, 3.63) is 17.5 Å². The van der Waals surface area contributed by atoms with E-state index in [0.717, 1.165) is 12.8 Å². The second-order valence-electron chi connectivity index (χ2n) is 6.91. The number of carbonyl (C=O) groups excluding carboxylic acids is 2. The quantitative estimate of drug-likeness (QED) is 0.702. The topological polar surface area (TPSA) is 92.8 Å². The van der Waals surface area contributed by atoms with Crippen molar-refractivity contribution < 1.29 is 22.7 Å². The summed E-state index contributed by atoms with van der Waals surface area (Å²) in [4.78, 5) is 24.0. The monoisotopic (exact) mass is 400 g/mol. The van der Waals surface area contributed by atoms with Gasteiger partial charge in [-0.1, -0.05) is 6.07 Å². The smallest absolute Gasteiger partial charge is 0.309 e. The second kappa shape index (κ2) is 8.06. The van der Waals surface area contributed by atoms with E-state index >= 15 is 0 Å². The molecule has 0 radical (unpaired) electrons. The first-order valence-electron chi connectivity index (χ1n) is 8.87. The van der Waals surface area contributed by atoms with Crippen molar-refractivity contribution >= 4 is 33.2 Å². The molecular weight excluding hydrogens is 376 g/mol. The molecule has 1 saturated heterocycles. The maximum Gasteiger partial charge on any atom is 0.309 e. The Kier molecular flexibility index (Phi) is 5.99. The molecule has 9 heteroatoms. The number of rotatable bonds is 7. The van der Waals surface area contributed by atoms with Gasteiger partial charge < -0.3 is 10.1 Å². The molecule has 0 spiro atoms. The third-order valence-corrected chi connectivity index (χ3v) is 8.21. The average Bonchev–Trinajstić information content (AvgIpc) is 3.33. The van der Waals surface area contributed by atoms with Gasteiger partial charge in [-0.15, -0.1) is 11.3 Å². The van der Waals surface area contributed by atoms with E-state index in [4.69, 9.17) is 4.74 Å². The van der Waals surface area contributed by atoms with Crippen LogP contribution in [0.15, 0.2) is 21.7 Å². The molecule has 1 aliphatic heterocycles. The highest BCUT2D eigenvalue weighted by Gasteiger charge is 2.34. The van der Waals surface area contributed by atoms with Crippen LogP contribution in [0.1, 0.15) is 32.6 Å². The third kappa shape index (κ3) is 4.63. The lowest BCUT2D eigenvalue weighted by molar-refractivity contribution is -0.153. The molecule has 0 aromatic carbocycles. The summed E-state index contributed by atoms with van der Waals surface area (Å²) in [7, 11) is -3.47. The minimum Gasteiger partial charge on any atom is -0.455 e. The first kappa shape index (κ1) is 19.3. The summed E-state index contributed by atoms with van der Waals surface area (Å²) < 4.78 is 31.8. The number of amides is 1. The zero-order valence-corrected chi connectivity index (χ0v) is 16.4. The summed E-state index contributed by atoms with van der Waals surface area (Å²) in [5.74, 6) is -0.523. The maximum absolute atomic E-state index is 12.5. The largest absolute Gasteiger partial charge is 0.455 e. The number of esters is 1. The van der Waals surface area contributed by atoms with Crippen LogP contribution in [0.5, 0.6) is 0 Å². The van der Waals surface area contributed by atoms with Crippen LogP contribution < -0.4 is 5.32 Å². The van der Waals surface area contributed by atoms with Crippen LogP contribution in [0, 0.1) is 11.8 Å². The van der Waals surface area contributed by atoms with E-state index in [2.05, 4.69) is 5.32 Å². The zero-order chi connectivity index (χ0) is 18.7. The van der Waals surface area contributed by atoms with Crippen molar-refractivity contribution in [1.82, 2.24) is 9.62 Å². The van der Waals surface area contributed by atoms with Gasteiger partial charge in [0.1, 0.15) is 4.21 Å². The predicted octanol–water partition coefficient (Wildman–Crippen LogP) is 1.61. The van der Waals surface area contributed by atoms with E-state index in [1.165, 1.54) is 15.6 Å². The Labute approximate surface area is 157 Å². The second-order valence-corrected chi connectivity index (χ2v) is 10.0. The van der Waals surface area contributed by atoms with Crippen LogP contribution in [0.25, 0.3) is 0 Å². The molecule has 1 atom stereocenters. The van der Waals surface area contributed by atoms with Gasteiger partial charge in [-0.3, -0.25) is 9.59 Å². The summed E-state index contributed by atoms with van der Waals surface area (Å²) in [5.41, 5.74) is 0. The Morgan fingerprint density at radius 2 is 2.00 bits per heavy atom. The highest BCUT2D eigenvalue weighted by Crippen LogP contribution is 2.32. The summed E-state index contributed by atoms with van der Waals surface area (Å²) in [6.45, 7) is 2.25. The van der Waals surface area contributed by atoms with E-state index < -0.39 is 16.0 Å². The summed E-state index contributed by atoms with van der Waals surface area (Å²) in [5, 5.41) is 4.57. The van der Waals surface area contributed by atoms with Gasteiger partial charge in [0.25, 0.3) is 15.9 Å². The van der Waals surface area contributed by atoms with Crippen molar-refractivity contribution in [2.45, 2.75) is 42.9 Å². The van der Waals surface area contributed by atoms with Gasteiger partial charge in [0.05, 0.1) is 5.92 Å². The first-order chi connectivity index (χ1) is 12.4. The highest BCUT2D eigenvalue weighted by molar-refractivity contribution is 7.91. The van der Waals surface area contributed by atoms with Gasteiger partial charge >= 0.3 is 5.97 Å². The fourth-order valence-corrected chi connectivity index (χ4v) is 5.75. The summed E-state index contributed by atoms with van der Waals surface area (Å²) >= 11 is 1.19. The Bertz CT molecular complexity index is 735. The molecule has 1 aromatic heterocycles. The predicted molar refractivity (Wildman–Crippen MR) is 97.1 cm³/mol. The fraction of sp³-hybridized carbons (Fsp3) is 0.647. The molecule has 2 heterocycles. The standard InChI is InChI=1S/C17H24N2O5S2/c1-12(13-4-5-13)18-15(20)11-24-17(21)14-6-8-19(9-7-14)26(22,23)16-3-2-10-25-16/h2-3,10,12-14H,4-9,11H2,1H3,(H,18,20). The molecule has 0 bridgehead atoms. The van der Waals surface area contributed by atoms with Gasteiger partial charge in [-0.05, 0) is 50.0 Å². The van der Waals surface area contributed by atoms with Crippen molar-refractivity contribution in [1.29, 1.82) is 0 Å². The minimum absolute atomic E-state index is 0.117. The Hall–Kier alpha value is -1.45. The van der Waals surface area contributed by atoms with Crippen LogP contribution in [-0.4, -0.2) is 50.3 Å². The molecule has 1 aliphatic carbocycles. The molecule has 1 saturated carbocycles. The normalized spacial score (nSPS) is 20.5. The first-order valence-corrected chi connectivity index (χ1v) is 11.2. The minimum atomic E-state index is -3.47. The number of sulfonamides is 1. The Morgan fingerprint density at radius 3 is 2.58 bits per heavy atom. The lowest BCUT2D eigenvalue weighted by atomic mass is 9.98. The van der Waals surface area contributed by atoms with Crippen molar-refractivity contribution in [3.8, 4) is 0 Å². The summed E-state index contributed by atoms with van der Waals surface area (Å²) in [6, 6.07) is 3.41. The average molecular weight is 401 g/mol. The molecule has 144 valence electrons. The molecule has 7 nitrogen and oxygen atoms in total. The molecular formula is C17H24N2O5S2. The van der Waals surface area contributed by atoms with Gasteiger partial charge in [0.2, 0.25) is 0 Å². The molecule has 1 aromatic rings. The number of nitrogens with one attached hydrogen (secondary N) is 1. The molecule has 1 amide bonds. The van der Waals surface area contributed by atoms with Crippen molar-refractivity contribution in [2.75, 3.05) is 19.7 Å². The zero-order valence-electron chi connectivity index (χ0n) is 14.7. The lowest BCUT2D eigenvalue weighted by Crippen LogP contribution is -2.41. The Morgan fingerprint density at radius 1 is 1.31 bits per heavy atom. The number of hydrogen-bond acceptors (Lipinski definition) is 6. The number of nitrogens with zero attached hydrogens (tertiary/aromatic N) is 1. The van der Waals surface area contributed by atoms with Gasteiger partial charge in [-0.25, -0.2) is 8.42 Å². The number of hydrogen-bond donors (Lipinski definition) is 1. The van der Waals surface area contributed by atoms with Crippen LogP contribution >= 0.6 is 11.3 Å². The number of piperidine rings is 1. The highest BCUT2D eigenvalue weighted by atomic mass is 32.2. The van der Waals surface area contributed by atoms with E-state index in [-0.39, 0.29) is 37.6 Å². The van der Waals surface area contributed by atoms with Gasteiger partial charge in [0, 0.05) is 19.1 Å². The third-order valence-electron chi connectivity index (χ3n) is 4.94. The number of thiophene rings is 1. The molecule has 2 aliphatic rings. The van der Waals surface area contributed by atoms with Crippen LogP contribution in [0.2, 0.25) is 0 Å². The maximum atomic E-state index is 12.5. The molecule has 1 N–H and O–H groups in total.